The van der Waals surface area contributed by atoms with Gasteiger partial charge in [-0.15, -0.1) is 4.31 Å². The monoisotopic (exact) mass is 526 g/mol. The normalized spacial score (nSPS) is 23.2. The van der Waals surface area contributed by atoms with Gasteiger partial charge < -0.3 is 14.0 Å². The molecule has 1 saturated carbocycles. The lowest BCUT2D eigenvalue weighted by Gasteiger charge is -2.43. The largest absolute Gasteiger partial charge is 0.593 e. The summed E-state index contributed by atoms with van der Waals surface area (Å²) in [6.45, 7) is 0.525. The minimum atomic E-state index is -3.72. The van der Waals surface area contributed by atoms with Crippen LogP contribution in [0.15, 0.2) is 58.4 Å². The first-order chi connectivity index (χ1) is 17.9. The van der Waals surface area contributed by atoms with Crippen molar-refractivity contribution in [2.24, 2.45) is 4.99 Å². The predicted molar refractivity (Wildman–Crippen MR) is 142 cm³/mol. The SMILES string of the molecule is COc1cccc(N2C(=O)NC(=NC3CCCCC3)C23CCN([S+](=O)([O-])c2cccc(OC)c2)CC3)c1. The van der Waals surface area contributed by atoms with Crippen LogP contribution in [0, 0.1) is 0 Å². The Morgan fingerprint density at radius 1 is 1.00 bits per heavy atom. The Balaban J connectivity index is 1.48. The van der Waals surface area contributed by atoms with E-state index in [9.17, 15) is 13.6 Å². The first kappa shape index (κ1) is 25.7. The van der Waals surface area contributed by atoms with Crippen LogP contribution < -0.4 is 19.7 Å². The van der Waals surface area contributed by atoms with Gasteiger partial charge >= 0.3 is 6.03 Å². The summed E-state index contributed by atoms with van der Waals surface area (Å²) in [5, 5.41) is 3.06. The molecule has 5 rings (SSSR count). The van der Waals surface area contributed by atoms with Gasteiger partial charge in [0.2, 0.25) is 0 Å². The Kier molecular flexibility index (Phi) is 7.24. The van der Waals surface area contributed by atoms with Crippen LogP contribution in [0.5, 0.6) is 11.5 Å². The third-order valence-electron chi connectivity index (χ3n) is 7.72. The van der Waals surface area contributed by atoms with Gasteiger partial charge in [-0.2, -0.15) is 0 Å². The third kappa shape index (κ3) is 4.85. The zero-order valence-corrected chi connectivity index (χ0v) is 22.2. The molecule has 0 bridgehead atoms. The van der Waals surface area contributed by atoms with Crippen molar-refractivity contribution in [1.29, 1.82) is 0 Å². The highest BCUT2D eigenvalue weighted by Gasteiger charge is 2.55. The van der Waals surface area contributed by atoms with Crippen LogP contribution in [-0.2, 0) is 14.6 Å². The fraction of sp³-hybridized carbons (Fsp3) is 0.481. The van der Waals surface area contributed by atoms with E-state index in [4.69, 9.17) is 14.5 Å². The molecular weight excluding hydrogens is 492 g/mol. The molecule has 2 amide bonds. The summed E-state index contributed by atoms with van der Waals surface area (Å²) >= 11 is 0. The topological polar surface area (TPSA) is 107 Å². The van der Waals surface area contributed by atoms with Gasteiger partial charge in [0.15, 0.2) is 15.3 Å². The number of amides is 2. The second-order valence-corrected chi connectivity index (χ2v) is 11.8. The average Bonchev–Trinajstić information content (AvgIpc) is 3.19. The maximum atomic E-state index is 13.5. The van der Waals surface area contributed by atoms with E-state index < -0.39 is 15.9 Å². The number of urea groups is 1. The Bertz CT molecular complexity index is 1220. The number of methoxy groups -OCH3 is 2. The fourth-order valence-electron chi connectivity index (χ4n) is 5.70. The zero-order chi connectivity index (χ0) is 26.0. The summed E-state index contributed by atoms with van der Waals surface area (Å²) in [6, 6.07) is 13.9. The maximum absolute atomic E-state index is 13.5. The van der Waals surface area contributed by atoms with E-state index in [-0.39, 0.29) is 30.1 Å². The number of hydrogen-bond acceptors (Lipinski definition) is 6. The van der Waals surface area contributed by atoms with Crippen LogP contribution in [0.1, 0.15) is 44.9 Å². The number of carbonyl (C=O) groups is 1. The summed E-state index contributed by atoms with van der Waals surface area (Å²) < 4.78 is 39.1. The molecule has 0 radical (unpaired) electrons. The molecule has 37 heavy (non-hydrogen) atoms. The molecule has 2 aromatic rings. The van der Waals surface area contributed by atoms with Gasteiger partial charge in [-0.3, -0.25) is 15.2 Å². The molecule has 1 aliphatic carbocycles. The minimum absolute atomic E-state index is 0.171. The van der Waals surface area contributed by atoms with Crippen LogP contribution in [0.25, 0.3) is 0 Å². The van der Waals surface area contributed by atoms with Crippen molar-refractivity contribution in [3.63, 3.8) is 0 Å². The van der Waals surface area contributed by atoms with Gasteiger partial charge in [-0.1, -0.05) is 35.6 Å². The quantitative estimate of drug-likeness (QED) is 0.562. The number of piperidine rings is 1. The van der Waals surface area contributed by atoms with Gasteiger partial charge in [-0.25, -0.2) is 4.79 Å². The first-order valence-corrected chi connectivity index (χ1v) is 14.3. The van der Waals surface area contributed by atoms with Crippen molar-refractivity contribution >= 4 is 28.0 Å². The lowest BCUT2D eigenvalue weighted by molar-refractivity contribution is 0.240. The second kappa shape index (κ2) is 10.4. The highest BCUT2D eigenvalue weighted by atomic mass is 32.3. The highest BCUT2D eigenvalue weighted by molar-refractivity contribution is 7.95. The number of rotatable bonds is 6. The third-order valence-corrected chi connectivity index (χ3v) is 9.62. The Morgan fingerprint density at radius 3 is 2.32 bits per heavy atom. The standard InChI is InChI=1S/C27H34N4O5S/c1-35-22-11-6-10-21(18-22)31-26(32)29-25(28-20-8-4-3-5-9-20)27(31)14-16-30(17-15-27)37(33,34)24-13-7-12-23(19-24)36-2/h6-7,10-13,18-20H,3-5,8-9,14-17H2,1-2H3,(H-,28,29,32,33,34). The van der Waals surface area contributed by atoms with Gasteiger partial charge in [0.05, 0.1) is 25.9 Å². The van der Waals surface area contributed by atoms with E-state index in [1.807, 2.05) is 24.3 Å². The van der Waals surface area contributed by atoms with Gasteiger partial charge in [0, 0.05) is 25.2 Å². The smallest absolute Gasteiger partial charge is 0.328 e. The van der Waals surface area contributed by atoms with Crippen molar-refractivity contribution in [1.82, 2.24) is 9.62 Å². The van der Waals surface area contributed by atoms with E-state index >= 15 is 0 Å². The summed E-state index contributed by atoms with van der Waals surface area (Å²) in [6.07, 6.45) is 6.35. The molecule has 1 atom stereocenters. The number of nitrogens with one attached hydrogen (secondary N) is 1. The number of aliphatic imine (C=N–C) groups is 1. The number of sulfonamides is 1. The molecule has 2 aromatic carbocycles. The molecule has 3 fully saturated rings. The molecule has 1 spiro atoms. The molecule has 2 saturated heterocycles. The summed E-state index contributed by atoms with van der Waals surface area (Å²) in [5.74, 6) is 1.80. The number of carbonyl (C=O) groups excluding carboxylic acids is 1. The van der Waals surface area contributed by atoms with E-state index in [1.54, 1.807) is 36.3 Å². The number of anilines is 1. The van der Waals surface area contributed by atoms with Crippen LogP contribution in [-0.4, -0.2) is 59.6 Å². The van der Waals surface area contributed by atoms with Crippen molar-refractivity contribution in [3.8, 4) is 11.5 Å². The van der Waals surface area contributed by atoms with E-state index in [2.05, 4.69) is 5.32 Å². The molecule has 0 aromatic heterocycles. The molecule has 3 aliphatic rings. The molecule has 1 unspecified atom stereocenters. The Morgan fingerprint density at radius 2 is 1.65 bits per heavy atom. The summed E-state index contributed by atoms with van der Waals surface area (Å²) in [7, 11) is -0.613. The molecule has 2 heterocycles. The van der Waals surface area contributed by atoms with Gasteiger partial charge in [0.1, 0.15) is 22.9 Å². The van der Waals surface area contributed by atoms with Crippen LogP contribution in [0.3, 0.4) is 0 Å². The minimum Gasteiger partial charge on any atom is -0.593 e. The maximum Gasteiger partial charge on any atom is 0.328 e. The summed E-state index contributed by atoms with van der Waals surface area (Å²) in [5.41, 5.74) is -0.0452. The molecule has 198 valence electrons. The van der Waals surface area contributed by atoms with Crippen molar-refractivity contribution in [2.45, 2.75) is 61.4 Å². The lowest BCUT2D eigenvalue weighted by Crippen LogP contribution is -2.58. The van der Waals surface area contributed by atoms with Gasteiger partial charge in [0.25, 0.3) is 0 Å². The van der Waals surface area contributed by atoms with Gasteiger partial charge in [-0.05, 0) is 49.9 Å². The summed E-state index contributed by atoms with van der Waals surface area (Å²) in [4.78, 5) is 20.4. The number of benzene rings is 2. The molecular formula is C27H34N4O5S. The number of ether oxygens (including phenoxy) is 2. The predicted octanol–water partition coefficient (Wildman–Crippen LogP) is 4.40. The van der Waals surface area contributed by atoms with E-state index in [1.165, 1.54) is 17.8 Å². The molecule has 1 N–H and O–H groups in total. The second-order valence-electron chi connectivity index (χ2n) is 9.85. The van der Waals surface area contributed by atoms with Crippen LogP contribution >= 0.6 is 0 Å². The Labute approximate surface area is 219 Å². The fourth-order valence-corrected chi connectivity index (χ4v) is 7.18. The molecule has 2 aliphatic heterocycles. The van der Waals surface area contributed by atoms with Crippen molar-refractivity contribution < 1.29 is 23.0 Å². The first-order valence-electron chi connectivity index (χ1n) is 12.9. The van der Waals surface area contributed by atoms with Crippen molar-refractivity contribution in [2.75, 3.05) is 32.2 Å². The zero-order valence-electron chi connectivity index (χ0n) is 21.4. The van der Waals surface area contributed by atoms with Crippen molar-refractivity contribution in [3.05, 3.63) is 48.5 Å². The highest BCUT2D eigenvalue weighted by Crippen LogP contribution is 2.41. The molecule has 9 nitrogen and oxygen atoms in total. The van der Waals surface area contributed by atoms with Crippen LogP contribution in [0.4, 0.5) is 10.5 Å². The van der Waals surface area contributed by atoms with E-state index in [0.717, 1.165) is 25.7 Å². The number of amidine groups is 1. The Hall–Kier alpha value is -2.95. The lowest BCUT2D eigenvalue weighted by atomic mass is 9.85. The number of hydrogen-bond donors (Lipinski definition) is 1. The van der Waals surface area contributed by atoms with Crippen LogP contribution in [0.2, 0.25) is 0 Å². The number of nitrogens with zero attached hydrogens (tertiary/aromatic N) is 3. The van der Waals surface area contributed by atoms with E-state index in [0.29, 0.717) is 35.9 Å². The molecule has 10 heteroatoms. The average molecular weight is 527 g/mol.